The van der Waals surface area contributed by atoms with Crippen molar-refractivity contribution >= 4 is 22.9 Å². The highest BCUT2D eigenvalue weighted by Gasteiger charge is 2.10. The van der Waals surface area contributed by atoms with Crippen LogP contribution in [0.3, 0.4) is 0 Å². The first-order valence-electron chi connectivity index (χ1n) is 5.45. The van der Waals surface area contributed by atoms with Crippen molar-refractivity contribution in [1.29, 1.82) is 0 Å². The average molecular weight is 297 g/mol. The lowest BCUT2D eigenvalue weighted by Gasteiger charge is -2.08. The van der Waals surface area contributed by atoms with E-state index in [0.717, 1.165) is 10.4 Å². The summed E-state index contributed by atoms with van der Waals surface area (Å²) in [4.78, 5) is 0.861. The molecule has 2 rings (SSSR count). The number of halogens is 2. The van der Waals surface area contributed by atoms with Gasteiger partial charge in [0, 0.05) is 5.56 Å². The van der Waals surface area contributed by atoms with Crippen molar-refractivity contribution in [2.75, 3.05) is 6.61 Å². The lowest BCUT2D eigenvalue weighted by molar-refractivity contribution is 0.293. The summed E-state index contributed by atoms with van der Waals surface area (Å²) in [6.45, 7) is -0.0109. The van der Waals surface area contributed by atoms with Crippen LogP contribution in [0.1, 0.15) is 10.4 Å². The fourth-order valence-corrected chi connectivity index (χ4v) is 2.42. The SMILES string of the molecule is OCC#Cc1ccsc1COc1c(F)cccc1Cl. The predicted octanol–water partition coefficient (Wildman–Crippen LogP) is 3.46. The number of thiophene rings is 1. The molecule has 2 aromatic rings. The first kappa shape index (κ1) is 13.9. The lowest BCUT2D eigenvalue weighted by Crippen LogP contribution is -1.97. The number of aliphatic hydroxyl groups excluding tert-OH is 1. The molecular formula is C14H10ClFO2S. The van der Waals surface area contributed by atoms with Crippen LogP contribution in [0.25, 0.3) is 0 Å². The summed E-state index contributed by atoms with van der Waals surface area (Å²) in [5.74, 6) is 4.93. The molecule has 1 heterocycles. The van der Waals surface area contributed by atoms with E-state index in [0.29, 0.717) is 0 Å². The molecule has 0 amide bonds. The Morgan fingerprint density at radius 3 is 2.95 bits per heavy atom. The highest BCUT2D eigenvalue weighted by Crippen LogP contribution is 2.29. The van der Waals surface area contributed by atoms with E-state index in [9.17, 15) is 4.39 Å². The van der Waals surface area contributed by atoms with Gasteiger partial charge in [-0.2, -0.15) is 0 Å². The van der Waals surface area contributed by atoms with E-state index >= 15 is 0 Å². The van der Waals surface area contributed by atoms with Gasteiger partial charge in [-0.25, -0.2) is 4.39 Å². The topological polar surface area (TPSA) is 29.5 Å². The van der Waals surface area contributed by atoms with Crippen LogP contribution in [-0.4, -0.2) is 11.7 Å². The molecule has 0 saturated carbocycles. The number of aliphatic hydroxyl groups is 1. The summed E-state index contributed by atoms with van der Waals surface area (Å²) in [6, 6.07) is 6.21. The molecule has 0 aliphatic carbocycles. The van der Waals surface area contributed by atoms with Crippen LogP contribution in [0, 0.1) is 17.7 Å². The molecule has 1 aromatic carbocycles. The Balaban J connectivity index is 2.13. The van der Waals surface area contributed by atoms with Crippen molar-refractivity contribution in [2.45, 2.75) is 6.61 Å². The molecule has 0 aliphatic rings. The number of hydrogen-bond acceptors (Lipinski definition) is 3. The molecule has 2 nitrogen and oxygen atoms in total. The minimum atomic E-state index is -0.493. The van der Waals surface area contributed by atoms with Gasteiger partial charge in [-0.05, 0) is 23.6 Å². The summed E-state index contributed by atoms with van der Waals surface area (Å²) in [6.07, 6.45) is 0. The third-order valence-corrected chi connectivity index (χ3v) is 3.51. The van der Waals surface area contributed by atoms with Crippen LogP contribution in [0.4, 0.5) is 4.39 Å². The Labute approximate surface area is 119 Å². The molecule has 0 radical (unpaired) electrons. The first-order chi connectivity index (χ1) is 9.22. The summed E-state index contributed by atoms with van der Waals surface area (Å²) < 4.78 is 18.9. The normalized spacial score (nSPS) is 9.84. The maximum atomic E-state index is 13.5. The van der Waals surface area contributed by atoms with E-state index < -0.39 is 5.82 Å². The largest absolute Gasteiger partial charge is 0.483 e. The van der Waals surface area contributed by atoms with E-state index in [2.05, 4.69) is 11.8 Å². The van der Waals surface area contributed by atoms with Gasteiger partial charge in [0.2, 0.25) is 0 Å². The zero-order chi connectivity index (χ0) is 13.7. The monoisotopic (exact) mass is 296 g/mol. The smallest absolute Gasteiger partial charge is 0.174 e. The number of para-hydroxylation sites is 1. The Bertz CT molecular complexity index is 608. The van der Waals surface area contributed by atoms with Crippen LogP contribution in [0.5, 0.6) is 5.75 Å². The van der Waals surface area contributed by atoms with Crippen molar-refractivity contribution in [3.05, 3.63) is 50.9 Å². The maximum Gasteiger partial charge on any atom is 0.174 e. The fourth-order valence-electron chi connectivity index (χ4n) is 1.46. The summed E-state index contributed by atoms with van der Waals surface area (Å²) >= 11 is 7.33. The van der Waals surface area contributed by atoms with E-state index in [1.54, 1.807) is 6.07 Å². The second-order valence-electron chi connectivity index (χ2n) is 3.56. The Hall–Kier alpha value is -1.54. The minimum Gasteiger partial charge on any atom is -0.483 e. The summed E-state index contributed by atoms with van der Waals surface area (Å²) in [7, 11) is 0. The summed E-state index contributed by atoms with van der Waals surface area (Å²) in [5, 5.41) is 10.8. The fraction of sp³-hybridized carbons (Fsp3) is 0.143. The molecule has 0 atom stereocenters. The molecule has 98 valence electrons. The van der Waals surface area contributed by atoms with Gasteiger partial charge in [0.05, 0.1) is 9.90 Å². The van der Waals surface area contributed by atoms with Gasteiger partial charge in [-0.3, -0.25) is 0 Å². The zero-order valence-corrected chi connectivity index (χ0v) is 11.4. The van der Waals surface area contributed by atoms with Crippen molar-refractivity contribution in [3.8, 4) is 17.6 Å². The van der Waals surface area contributed by atoms with Crippen molar-refractivity contribution in [2.24, 2.45) is 0 Å². The Morgan fingerprint density at radius 2 is 2.21 bits per heavy atom. The third kappa shape index (κ3) is 3.48. The number of hydrogen-bond donors (Lipinski definition) is 1. The van der Waals surface area contributed by atoms with Crippen LogP contribution < -0.4 is 4.74 Å². The van der Waals surface area contributed by atoms with Gasteiger partial charge in [-0.15, -0.1) is 11.3 Å². The summed E-state index contributed by atoms with van der Waals surface area (Å²) in [5.41, 5.74) is 0.770. The van der Waals surface area contributed by atoms with Crippen LogP contribution in [-0.2, 0) is 6.61 Å². The molecule has 19 heavy (non-hydrogen) atoms. The van der Waals surface area contributed by atoms with Gasteiger partial charge >= 0.3 is 0 Å². The van der Waals surface area contributed by atoms with Gasteiger partial charge in [0.25, 0.3) is 0 Å². The van der Waals surface area contributed by atoms with E-state index in [-0.39, 0.29) is 24.0 Å². The highest BCUT2D eigenvalue weighted by atomic mass is 35.5. The van der Waals surface area contributed by atoms with Crippen LogP contribution >= 0.6 is 22.9 Å². The van der Waals surface area contributed by atoms with Crippen LogP contribution in [0.2, 0.25) is 5.02 Å². The van der Waals surface area contributed by atoms with Crippen molar-refractivity contribution in [1.82, 2.24) is 0 Å². The average Bonchev–Trinajstić information content (AvgIpc) is 2.83. The molecule has 0 fully saturated rings. The molecule has 0 saturated heterocycles. The second kappa shape index (κ2) is 6.58. The third-order valence-electron chi connectivity index (χ3n) is 2.31. The zero-order valence-electron chi connectivity index (χ0n) is 9.82. The first-order valence-corrected chi connectivity index (χ1v) is 6.71. The molecule has 0 bridgehead atoms. The van der Waals surface area contributed by atoms with Crippen LogP contribution in [0.15, 0.2) is 29.6 Å². The maximum absolute atomic E-state index is 13.5. The quantitative estimate of drug-likeness (QED) is 0.879. The van der Waals surface area contributed by atoms with Gasteiger partial charge in [0.1, 0.15) is 13.2 Å². The van der Waals surface area contributed by atoms with E-state index in [1.807, 2.05) is 11.4 Å². The molecular weight excluding hydrogens is 287 g/mol. The molecule has 1 aromatic heterocycles. The molecule has 0 aliphatic heterocycles. The predicted molar refractivity (Wildman–Crippen MR) is 74.0 cm³/mol. The van der Waals surface area contributed by atoms with E-state index in [4.69, 9.17) is 21.4 Å². The van der Waals surface area contributed by atoms with Gasteiger partial charge in [0.15, 0.2) is 11.6 Å². The molecule has 0 spiro atoms. The molecule has 1 N–H and O–H groups in total. The number of ether oxygens (including phenoxy) is 1. The number of benzene rings is 1. The second-order valence-corrected chi connectivity index (χ2v) is 4.96. The van der Waals surface area contributed by atoms with Crippen molar-refractivity contribution in [3.63, 3.8) is 0 Å². The minimum absolute atomic E-state index is 0.0404. The molecule has 0 unspecified atom stereocenters. The standard InChI is InChI=1S/C14H10ClFO2S/c15-11-4-1-5-12(16)14(11)18-9-13-10(3-2-7-17)6-8-19-13/h1,4-6,8,17H,7,9H2. The highest BCUT2D eigenvalue weighted by molar-refractivity contribution is 7.10. The Kier molecular flexibility index (Phi) is 4.80. The van der Waals surface area contributed by atoms with Gasteiger partial charge in [-0.1, -0.05) is 29.5 Å². The number of rotatable bonds is 3. The lowest BCUT2D eigenvalue weighted by atomic mass is 10.2. The molecule has 5 heteroatoms. The van der Waals surface area contributed by atoms with E-state index in [1.165, 1.54) is 23.5 Å². The Morgan fingerprint density at radius 1 is 1.37 bits per heavy atom. The van der Waals surface area contributed by atoms with Gasteiger partial charge < -0.3 is 9.84 Å². The van der Waals surface area contributed by atoms with Crippen molar-refractivity contribution < 1.29 is 14.2 Å².